The Balaban J connectivity index is 2.38. The topological polar surface area (TPSA) is 20.3 Å². The molecule has 0 aromatic heterocycles. The van der Waals surface area contributed by atoms with Gasteiger partial charge in [0.15, 0.2) is 0 Å². The fraction of sp³-hybridized carbons (Fsp3) is 0.500. The molecule has 2 nitrogen and oxygen atoms in total. The molecule has 0 aromatic carbocycles. The van der Waals surface area contributed by atoms with Gasteiger partial charge in [0.2, 0.25) is 5.91 Å². The lowest BCUT2D eigenvalue weighted by Crippen LogP contribution is -2.57. The van der Waals surface area contributed by atoms with Gasteiger partial charge in [-0.05, 0) is 4.08 Å². The number of alkyl halides is 2. The van der Waals surface area contributed by atoms with Crippen LogP contribution in [0.4, 0.5) is 8.78 Å². The SMILES string of the molecule is O=C(/C=C/I)N1CC(F)(F)C1. The highest BCUT2D eigenvalue weighted by molar-refractivity contribution is 14.1. The standard InChI is InChI=1S/C6H6F2INO/c7-6(8)3-10(4-6)5(11)1-2-9/h1-2H,3-4H2/b2-1+. The summed E-state index contributed by atoms with van der Waals surface area (Å²) in [5, 5.41) is 0. The second-order valence-corrected chi connectivity index (χ2v) is 3.06. The van der Waals surface area contributed by atoms with E-state index in [0.29, 0.717) is 0 Å². The van der Waals surface area contributed by atoms with Crippen molar-refractivity contribution in [2.45, 2.75) is 5.92 Å². The first kappa shape index (κ1) is 8.89. The zero-order chi connectivity index (χ0) is 8.48. The van der Waals surface area contributed by atoms with E-state index in [9.17, 15) is 13.6 Å². The summed E-state index contributed by atoms with van der Waals surface area (Å²) in [5.74, 6) is -3.00. The summed E-state index contributed by atoms with van der Waals surface area (Å²) in [4.78, 5) is 11.9. The summed E-state index contributed by atoms with van der Waals surface area (Å²) in [6.45, 7) is -0.875. The summed E-state index contributed by atoms with van der Waals surface area (Å²) in [6, 6.07) is 0. The number of likely N-dealkylation sites (tertiary alicyclic amines) is 1. The van der Waals surface area contributed by atoms with E-state index in [1.54, 1.807) is 0 Å². The third kappa shape index (κ3) is 2.11. The Labute approximate surface area is 76.4 Å². The Morgan fingerprint density at radius 2 is 2.09 bits per heavy atom. The molecular weight excluding hydrogens is 267 g/mol. The van der Waals surface area contributed by atoms with Gasteiger partial charge in [-0.25, -0.2) is 8.78 Å². The highest BCUT2D eigenvalue weighted by Crippen LogP contribution is 2.26. The summed E-state index contributed by atoms with van der Waals surface area (Å²) in [7, 11) is 0. The van der Waals surface area contributed by atoms with Crippen LogP contribution in [0.3, 0.4) is 0 Å². The highest BCUT2D eigenvalue weighted by Gasteiger charge is 2.45. The first-order valence-electron chi connectivity index (χ1n) is 2.99. The quantitative estimate of drug-likeness (QED) is 0.522. The van der Waals surface area contributed by atoms with Gasteiger partial charge < -0.3 is 4.90 Å². The molecule has 1 aliphatic heterocycles. The third-order valence-electron chi connectivity index (χ3n) is 1.36. The zero-order valence-corrected chi connectivity index (χ0v) is 7.72. The number of amides is 1. The Morgan fingerprint density at radius 3 is 2.45 bits per heavy atom. The van der Waals surface area contributed by atoms with Gasteiger partial charge in [0, 0.05) is 6.08 Å². The van der Waals surface area contributed by atoms with Crippen molar-refractivity contribution < 1.29 is 13.6 Å². The average Bonchev–Trinajstić information content (AvgIpc) is 1.83. The Morgan fingerprint density at radius 1 is 1.55 bits per heavy atom. The van der Waals surface area contributed by atoms with E-state index in [4.69, 9.17) is 0 Å². The molecule has 0 saturated carbocycles. The van der Waals surface area contributed by atoms with E-state index in [-0.39, 0.29) is 5.91 Å². The van der Waals surface area contributed by atoms with Crippen molar-refractivity contribution in [1.82, 2.24) is 4.90 Å². The molecule has 1 amide bonds. The second-order valence-electron chi connectivity index (χ2n) is 2.34. The van der Waals surface area contributed by atoms with Gasteiger partial charge in [-0.3, -0.25) is 4.79 Å². The lowest BCUT2D eigenvalue weighted by Gasteiger charge is -2.37. The minimum atomic E-state index is -2.66. The van der Waals surface area contributed by atoms with Crippen LogP contribution in [0, 0.1) is 0 Å². The molecule has 0 spiro atoms. The van der Waals surface area contributed by atoms with Gasteiger partial charge in [-0.15, -0.1) is 0 Å². The molecule has 0 atom stereocenters. The fourth-order valence-corrected chi connectivity index (χ4v) is 1.13. The first-order chi connectivity index (χ1) is 5.05. The number of hydrogen-bond acceptors (Lipinski definition) is 1. The molecule has 62 valence electrons. The van der Waals surface area contributed by atoms with E-state index >= 15 is 0 Å². The molecular formula is C6H6F2INO. The maximum atomic E-state index is 12.2. The number of halogens is 3. The maximum Gasteiger partial charge on any atom is 0.282 e. The average molecular weight is 273 g/mol. The molecule has 1 saturated heterocycles. The molecule has 5 heteroatoms. The lowest BCUT2D eigenvalue weighted by molar-refractivity contribution is -0.160. The minimum Gasteiger partial charge on any atom is -0.327 e. The van der Waals surface area contributed by atoms with Crippen LogP contribution in [0.5, 0.6) is 0 Å². The molecule has 0 aliphatic carbocycles. The number of carbonyl (C=O) groups is 1. The maximum absolute atomic E-state index is 12.2. The molecule has 0 N–H and O–H groups in total. The Hall–Kier alpha value is -0.200. The smallest absolute Gasteiger partial charge is 0.282 e. The number of carbonyl (C=O) groups excluding carboxylic acids is 1. The van der Waals surface area contributed by atoms with Crippen LogP contribution in [-0.4, -0.2) is 29.8 Å². The molecule has 0 unspecified atom stereocenters. The van der Waals surface area contributed by atoms with Crippen molar-refractivity contribution in [3.63, 3.8) is 0 Å². The highest BCUT2D eigenvalue weighted by atomic mass is 127. The van der Waals surface area contributed by atoms with Crippen molar-refractivity contribution in [3.8, 4) is 0 Å². The molecule has 1 fully saturated rings. The zero-order valence-electron chi connectivity index (χ0n) is 5.56. The van der Waals surface area contributed by atoms with Crippen molar-refractivity contribution in [1.29, 1.82) is 0 Å². The third-order valence-corrected chi connectivity index (χ3v) is 1.72. The summed E-state index contributed by atoms with van der Waals surface area (Å²) >= 11 is 1.87. The van der Waals surface area contributed by atoms with Crippen LogP contribution < -0.4 is 0 Å². The van der Waals surface area contributed by atoms with Crippen LogP contribution in [0.1, 0.15) is 0 Å². The van der Waals surface area contributed by atoms with Gasteiger partial charge in [-0.2, -0.15) is 0 Å². The van der Waals surface area contributed by atoms with E-state index in [0.717, 1.165) is 4.90 Å². The lowest BCUT2D eigenvalue weighted by atomic mass is 10.1. The normalized spacial score (nSPS) is 21.9. The molecule has 0 radical (unpaired) electrons. The Bertz CT molecular complexity index is 197. The number of hydrogen-bond donors (Lipinski definition) is 0. The van der Waals surface area contributed by atoms with Gasteiger partial charge >= 0.3 is 0 Å². The first-order valence-corrected chi connectivity index (χ1v) is 4.23. The monoisotopic (exact) mass is 273 g/mol. The van der Waals surface area contributed by atoms with Gasteiger partial charge in [0.25, 0.3) is 5.92 Å². The van der Waals surface area contributed by atoms with Crippen molar-refractivity contribution in [2.75, 3.05) is 13.1 Å². The van der Waals surface area contributed by atoms with E-state index in [2.05, 4.69) is 0 Å². The van der Waals surface area contributed by atoms with Crippen LogP contribution in [0.15, 0.2) is 10.2 Å². The van der Waals surface area contributed by atoms with Crippen molar-refractivity contribution in [2.24, 2.45) is 0 Å². The summed E-state index contributed by atoms with van der Waals surface area (Å²) < 4.78 is 25.8. The van der Waals surface area contributed by atoms with Crippen LogP contribution >= 0.6 is 22.6 Å². The number of nitrogens with zero attached hydrogens (tertiary/aromatic N) is 1. The Kier molecular flexibility index (Phi) is 2.46. The molecule has 11 heavy (non-hydrogen) atoms. The van der Waals surface area contributed by atoms with Crippen LogP contribution in [0.2, 0.25) is 0 Å². The molecule has 1 rings (SSSR count). The predicted molar refractivity (Wildman–Crippen MR) is 44.7 cm³/mol. The second kappa shape index (κ2) is 3.04. The molecule has 1 heterocycles. The fourth-order valence-electron chi connectivity index (χ4n) is 0.827. The van der Waals surface area contributed by atoms with E-state index in [1.165, 1.54) is 10.2 Å². The summed E-state index contributed by atoms with van der Waals surface area (Å²) in [6.07, 6.45) is 1.27. The molecule has 0 aromatic rings. The predicted octanol–water partition coefficient (Wildman–Crippen LogP) is 1.41. The number of rotatable bonds is 1. The van der Waals surface area contributed by atoms with Gasteiger partial charge in [0.05, 0.1) is 13.1 Å². The van der Waals surface area contributed by atoms with E-state index < -0.39 is 19.0 Å². The molecule has 0 bridgehead atoms. The minimum absolute atomic E-state index is 0.342. The van der Waals surface area contributed by atoms with Crippen molar-refractivity contribution in [3.05, 3.63) is 10.2 Å². The van der Waals surface area contributed by atoms with Crippen LogP contribution in [0.25, 0.3) is 0 Å². The van der Waals surface area contributed by atoms with Gasteiger partial charge in [-0.1, -0.05) is 22.6 Å². The van der Waals surface area contributed by atoms with Crippen molar-refractivity contribution >= 4 is 28.5 Å². The van der Waals surface area contributed by atoms with Gasteiger partial charge in [0.1, 0.15) is 0 Å². The largest absolute Gasteiger partial charge is 0.327 e. The summed E-state index contributed by atoms with van der Waals surface area (Å²) in [5.41, 5.74) is 0. The molecule has 1 aliphatic rings. The van der Waals surface area contributed by atoms with E-state index in [1.807, 2.05) is 22.6 Å². The van der Waals surface area contributed by atoms with Crippen LogP contribution in [-0.2, 0) is 4.79 Å².